The average Bonchev–Trinajstić information content (AvgIpc) is 2.73. The number of hydrogen-bond donors (Lipinski definition) is 1. The first-order valence-electron chi connectivity index (χ1n) is 10.6. The van der Waals surface area contributed by atoms with E-state index in [1.807, 2.05) is 45.0 Å². The lowest BCUT2D eigenvalue weighted by atomic mass is 10.1. The van der Waals surface area contributed by atoms with Crippen molar-refractivity contribution in [3.63, 3.8) is 0 Å². The highest BCUT2D eigenvalue weighted by atomic mass is 35.5. The summed E-state index contributed by atoms with van der Waals surface area (Å²) in [5.41, 5.74) is 0.760. The molecule has 32 heavy (non-hydrogen) atoms. The molecule has 0 aliphatic carbocycles. The summed E-state index contributed by atoms with van der Waals surface area (Å²) in [5, 5.41) is 4.64. The van der Waals surface area contributed by atoms with Crippen molar-refractivity contribution in [2.75, 3.05) is 5.75 Å². The van der Waals surface area contributed by atoms with E-state index in [0.29, 0.717) is 34.3 Å². The van der Waals surface area contributed by atoms with Crippen LogP contribution in [0.25, 0.3) is 0 Å². The fraction of sp³-hybridized carbons (Fsp3) is 0.417. The molecule has 2 aromatic carbocycles. The standard InChI is InChI=1S/C24H29Cl3N2O2S/c1-4-22(24(31)28-16(2)3)29(15-17-7-8-19(26)14-21(17)27)23(30)6-5-13-32-20-11-9-18(25)10-12-20/h7-12,14,16,22H,4-6,13,15H2,1-3H3,(H,28,31)/t22-/m0/s1. The van der Waals surface area contributed by atoms with Gasteiger partial charge in [0.05, 0.1) is 0 Å². The molecular formula is C24H29Cl3N2O2S. The van der Waals surface area contributed by atoms with Crippen molar-refractivity contribution in [3.8, 4) is 0 Å². The Kier molecular flexibility index (Phi) is 11.2. The minimum absolute atomic E-state index is 0.0107. The lowest BCUT2D eigenvalue weighted by Crippen LogP contribution is -2.50. The number of rotatable bonds is 11. The number of nitrogens with one attached hydrogen (secondary N) is 1. The number of amides is 2. The molecule has 1 atom stereocenters. The van der Waals surface area contributed by atoms with Crippen LogP contribution >= 0.6 is 46.6 Å². The Labute approximate surface area is 210 Å². The smallest absolute Gasteiger partial charge is 0.243 e. The second-order valence-electron chi connectivity index (χ2n) is 7.75. The van der Waals surface area contributed by atoms with Crippen LogP contribution in [0, 0.1) is 0 Å². The average molecular weight is 516 g/mol. The van der Waals surface area contributed by atoms with E-state index in [4.69, 9.17) is 34.8 Å². The summed E-state index contributed by atoms with van der Waals surface area (Å²) >= 11 is 20.0. The molecule has 0 saturated heterocycles. The van der Waals surface area contributed by atoms with E-state index < -0.39 is 6.04 Å². The molecule has 8 heteroatoms. The summed E-state index contributed by atoms with van der Waals surface area (Å²) in [5.74, 6) is 0.563. The molecule has 4 nitrogen and oxygen atoms in total. The van der Waals surface area contributed by atoms with Crippen LogP contribution in [0.15, 0.2) is 47.4 Å². The predicted octanol–water partition coefficient (Wildman–Crippen LogP) is 6.85. The van der Waals surface area contributed by atoms with Crippen LogP contribution in [0.1, 0.15) is 45.6 Å². The number of benzene rings is 2. The van der Waals surface area contributed by atoms with Gasteiger partial charge in [0.1, 0.15) is 6.04 Å². The van der Waals surface area contributed by atoms with Gasteiger partial charge in [-0.15, -0.1) is 11.8 Å². The van der Waals surface area contributed by atoms with Gasteiger partial charge < -0.3 is 10.2 Å². The first-order valence-corrected chi connectivity index (χ1v) is 12.7. The molecule has 0 aromatic heterocycles. The fourth-order valence-electron chi connectivity index (χ4n) is 3.22. The molecule has 0 saturated carbocycles. The minimum atomic E-state index is -0.569. The van der Waals surface area contributed by atoms with Crippen LogP contribution in [0.4, 0.5) is 0 Å². The van der Waals surface area contributed by atoms with Gasteiger partial charge in [-0.1, -0.05) is 47.8 Å². The van der Waals surface area contributed by atoms with Crippen LogP contribution in [0.5, 0.6) is 0 Å². The lowest BCUT2D eigenvalue weighted by Gasteiger charge is -2.31. The van der Waals surface area contributed by atoms with Crippen molar-refractivity contribution in [1.82, 2.24) is 10.2 Å². The van der Waals surface area contributed by atoms with Crippen molar-refractivity contribution >= 4 is 58.4 Å². The third-order valence-corrected chi connectivity index (χ3v) is 6.73. The quantitative estimate of drug-likeness (QED) is 0.263. The molecule has 0 fully saturated rings. The first-order chi connectivity index (χ1) is 15.2. The third kappa shape index (κ3) is 8.51. The van der Waals surface area contributed by atoms with Gasteiger partial charge >= 0.3 is 0 Å². The van der Waals surface area contributed by atoms with E-state index in [1.54, 1.807) is 34.9 Å². The number of hydrogen-bond acceptors (Lipinski definition) is 3. The zero-order valence-electron chi connectivity index (χ0n) is 18.5. The molecule has 0 bridgehead atoms. The SMILES string of the molecule is CC[C@@H](C(=O)NC(C)C)N(Cc1ccc(Cl)cc1Cl)C(=O)CCCSc1ccc(Cl)cc1. The second-order valence-corrected chi connectivity index (χ2v) is 10.2. The molecule has 0 spiro atoms. The Morgan fingerprint density at radius 2 is 1.69 bits per heavy atom. The maximum Gasteiger partial charge on any atom is 0.243 e. The van der Waals surface area contributed by atoms with Crippen molar-refractivity contribution in [2.24, 2.45) is 0 Å². The van der Waals surface area contributed by atoms with Crippen LogP contribution < -0.4 is 5.32 Å². The Hall–Kier alpha value is -1.40. The summed E-state index contributed by atoms with van der Waals surface area (Å²) < 4.78 is 0. The van der Waals surface area contributed by atoms with E-state index in [2.05, 4.69) is 5.32 Å². The van der Waals surface area contributed by atoms with Crippen molar-refractivity contribution in [3.05, 3.63) is 63.1 Å². The van der Waals surface area contributed by atoms with Crippen molar-refractivity contribution in [2.45, 2.75) is 63.6 Å². The van der Waals surface area contributed by atoms with E-state index in [-0.39, 0.29) is 24.4 Å². The Morgan fingerprint density at radius 1 is 1.03 bits per heavy atom. The molecule has 2 rings (SSSR count). The Balaban J connectivity index is 2.09. The van der Waals surface area contributed by atoms with E-state index >= 15 is 0 Å². The van der Waals surface area contributed by atoms with E-state index in [0.717, 1.165) is 16.2 Å². The van der Waals surface area contributed by atoms with Gasteiger partial charge in [-0.3, -0.25) is 9.59 Å². The molecule has 0 heterocycles. The summed E-state index contributed by atoms with van der Waals surface area (Å²) in [6.07, 6.45) is 1.55. The van der Waals surface area contributed by atoms with Crippen LogP contribution in [0.2, 0.25) is 15.1 Å². The fourth-order valence-corrected chi connectivity index (χ4v) is 4.67. The number of halogens is 3. The van der Waals surface area contributed by atoms with Gasteiger partial charge in [0.15, 0.2) is 0 Å². The van der Waals surface area contributed by atoms with Crippen LogP contribution in [0.3, 0.4) is 0 Å². The summed E-state index contributed by atoms with van der Waals surface area (Å²) in [6, 6.07) is 12.2. The molecule has 1 N–H and O–H groups in total. The van der Waals surface area contributed by atoms with Crippen LogP contribution in [-0.4, -0.2) is 34.6 Å². The second kappa shape index (κ2) is 13.3. The van der Waals surface area contributed by atoms with E-state index in [1.165, 1.54) is 0 Å². The van der Waals surface area contributed by atoms with E-state index in [9.17, 15) is 9.59 Å². The number of thioether (sulfide) groups is 1. The molecule has 2 amide bonds. The third-order valence-electron chi connectivity index (χ3n) is 4.79. The highest BCUT2D eigenvalue weighted by molar-refractivity contribution is 7.99. The van der Waals surface area contributed by atoms with Gasteiger partial charge in [-0.05, 0) is 74.4 Å². The Bertz CT molecular complexity index is 907. The molecule has 2 aromatic rings. The predicted molar refractivity (Wildman–Crippen MR) is 136 cm³/mol. The number of carbonyl (C=O) groups is 2. The lowest BCUT2D eigenvalue weighted by molar-refractivity contribution is -0.141. The van der Waals surface area contributed by atoms with Gasteiger partial charge in [0.2, 0.25) is 11.8 Å². The summed E-state index contributed by atoms with van der Waals surface area (Å²) in [7, 11) is 0. The molecule has 174 valence electrons. The van der Waals surface area contributed by atoms with Gasteiger partial charge in [-0.25, -0.2) is 0 Å². The van der Waals surface area contributed by atoms with Gasteiger partial charge in [0.25, 0.3) is 0 Å². The maximum atomic E-state index is 13.2. The maximum absolute atomic E-state index is 13.2. The largest absolute Gasteiger partial charge is 0.352 e. The van der Waals surface area contributed by atoms with Gasteiger partial charge in [0, 0.05) is 39.0 Å². The number of nitrogens with zero attached hydrogens (tertiary/aromatic N) is 1. The topological polar surface area (TPSA) is 49.4 Å². The Morgan fingerprint density at radius 3 is 2.28 bits per heavy atom. The van der Waals surface area contributed by atoms with Gasteiger partial charge in [-0.2, -0.15) is 0 Å². The minimum Gasteiger partial charge on any atom is -0.352 e. The molecule has 0 unspecified atom stereocenters. The molecule has 0 aliphatic rings. The first kappa shape index (κ1) is 26.8. The van der Waals surface area contributed by atoms with Crippen LogP contribution in [-0.2, 0) is 16.1 Å². The van der Waals surface area contributed by atoms with Crippen molar-refractivity contribution < 1.29 is 9.59 Å². The zero-order chi connectivity index (χ0) is 23.7. The summed E-state index contributed by atoms with van der Waals surface area (Å²) in [6.45, 7) is 5.97. The normalized spacial score (nSPS) is 12.0. The monoisotopic (exact) mass is 514 g/mol. The zero-order valence-corrected chi connectivity index (χ0v) is 21.6. The highest BCUT2D eigenvalue weighted by Crippen LogP contribution is 2.25. The summed E-state index contributed by atoms with van der Waals surface area (Å²) in [4.78, 5) is 28.8. The number of carbonyl (C=O) groups excluding carboxylic acids is 2. The highest BCUT2D eigenvalue weighted by Gasteiger charge is 2.29. The molecular weight excluding hydrogens is 487 g/mol. The molecule has 0 radical (unpaired) electrons. The molecule has 0 aliphatic heterocycles. The van der Waals surface area contributed by atoms with Crippen molar-refractivity contribution in [1.29, 1.82) is 0 Å².